The molecule has 0 radical (unpaired) electrons. The molecule has 1 rings (SSSR count). The Kier molecular flexibility index (Phi) is 7.80. The Hall–Kier alpha value is -0.780. The standard InChI is InChI=1S/C13H23N3OS/c1-16(8-10-18-3)13-12(5-4-6-15-13)11-14-7-9-17-2/h4-6,14H,7-11H2,1-3H3. The van der Waals surface area contributed by atoms with E-state index in [1.807, 2.05) is 24.0 Å². The highest BCUT2D eigenvalue weighted by molar-refractivity contribution is 7.98. The van der Waals surface area contributed by atoms with Gasteiger partial charge in [-0.2, -0.15) is 11.8 Å². The summed E-state index contributed by atoms with van der Waals surface area (Å²) in [4.78, 5) is 6.69. The van der Waals surface area contributed by atoms with Crippen LogP contribution < -0.4 is 10.2 Å². The molecule has 0 saturated heterocycles. The number of rotatable bonds is 9. The molecule has 0 aliphatic heterocycles. The minimum Gasteiger partial charge on any atom is -0.383 e. The molecule has 102 valence electrons. The third kappa shape index (κ3) is 5.25. The predicted octanol–water partition coefficient (Wildman–Crippen LogP) is 1.62. The fourth-order valence-electron chi connectivity index (χ4n) is 1.64. The summed E-state index contributed by atoms with van der Waals surface area (Å²) in [6.45, 7) is 3.44. The minimum atomic E-state index is 0.734. The average molecular weight is 269 g/mol. The number of thioether (sulfide) groups is 1. The molecule has 0 aromatic carbocycles. The summed E-state index contributed by atoms with van der Waals surface area (Å²) in [7, 11) is 3.81. The maximum Gasteiger partial charge on any atom is 0.132 e. The Labute approximate surface area is 114 Å². The first-order chi connectivity index (χ1) is 8.79. The van der Waals surface area contributed by atoms with E-state index in [9.17, 15) is 0 Å². The van der Waals surface area contributed by atoms with Crippen molar-refractivity contribution in [3.8, 4) is 0 Å². The molecule has 1 heterocycles. The van der Waals surface area contributed by atoms with Gasteiger partial charge < -0.3 is 15.0 Å². The van der Waals surface area contributed by atoms with Crippen LogP contribution in [0.25, 0.3) is 0 Å². The average Bonchev–Trinajstić information content (AvgIpc) is 2.41. The Balaban J connectivity index is 2.55. The van der Waals surface area contributed by atoms with Gasteiger partial charge in [-0.1, -0.05) is 6.07 Å². The van der Waals surface area contributed by atoms with Crippen LogP contribution in [0.4, 0.5) is 5.82 Å². The lowest BCUT2D eigenvalue weighted by atomic mass is 10.2. The molecule has 1 aromatic rings. The maximum atomic E-state index is 5.02. The van der Waals surface area contributed by atoms with Crippen molar-refractivity contribution in [2.75, 3.05) is 50.8 Å². The Bertz CT molecular complexity index is 336. The van der Waals surface area contributed by atoms with Gasteiger partial charge in [0, 0.05) is 51.3 Å². The topological polar surface area (TPSA) is 37.4 Å². The Morgan fingerprint density at radius 3 is 3.06 bits per heavy atom. The zero-order chi connectivity index (χ0) is 13.2. The van der Waals surface area contributed by atoms with Crippen molar-refractivity contribution in [3.63, 3.8) is 0 Å². The van der Waals surface area contributed by atoms with Gasteiger partial charge in [-0.15, -0.1) is 0 Å². The second-order valence-electron chi connectivity index (χ2n) is 4.07. The van der Waals surface area contributed by atoms with Crippen LogP contribution in [0.3, 0.4) is 0 Å². The largest absolute Gasteiger partial charge is 0.383 e. The SMILES string of the molecule is COCCNCc1cccnc1N(C)CCSC. The summed E-state index contributed by atoms with van der Waals surface area (Å²) in [5.74, 6) is 2.18. The Morgan fingerprint density at radius 1 is 1.50 bits per heavy atom. The van der Waals surface area contributed by atoms with E-state index >= 15 is 0 Å². The number of methoxy groups -OCH3 is 1. The molecule has 0 fully saturated rings. The molecule has 0 spiro atoms. The summed E-state index contributed by atoms with van der Waals surface area (Å²) in [6, 6.07) is 4.11. The maximum absolute atomic E-state index is 5.02. The number of nitrogens with one attached hydrogen (secondary N) is 1. The number of nitrogens with zero attached hydrogens (tertiary/aromatic N) is 2. The van der Waals surface area contributed by atoms with Crippen LogP contribution in [0.5, 0.6) is 0 Å². The lowest BCUT2D eigenvalue weighted by Gasteiger charge is -2.20. The molecule has 0 unspecified atom stereocenters. The number of hydrogen-bond donors (Lipinski definition) is 1. The van der Waals surface area contributed by atoms with Crippen LogP contribution in [0.1, 0.15) is 5.56 Å². The van der Waals surface area contributed by atoms with E-state index in [1.165, 1.54) is 5.56 Å². The third-order valence-electron chi connectivity index (χ3n) is 2.66. The van der Waals surface area contributed by atoms with E-state index in [0.717, 1.165) is 37.8 Å². The van der Waals surface area contributed by atoms with E-state index < -0.39 is 0 Å². The zero-order valence-corrected chi connectivity index (χ0v) is 12.3. The van der Waals surface area contributed by atoms with Crippen molar-refractivity contribution >= 4 is 17.6 Å². The summed E-state index contributed by atoms with van der Waals surface area (Å²) in [5.41, 5.74) is 1.23. The van der Waals surface area contributed by atoms with Crippen LogP contribution in [0.2, 0.25) is 0 Å². The molecule has 18 heavy (non-hydrogen) atoms. The van der Waals surface area contributed by atoms with Crippen molar-refractivity contribution in [1.29, 1.82) is 0 Å². The summed E-state index contributed by atoms with van der Waals surface area (Å²) in [6.07, 6.45) is 3.98. The van der Waals surface area contributed by atoms with Gasteiger partial charge in [0.2, 0.25) is 0 Å². The fourth-order valence-corrected chi connectivity index (χ4v) is 2.10. The van der Waals surface area contributed by atoms with Gasteiger partial charge in [-0.25, -0.2) is 4.98 Å². The van der Waals surface area contributed by atoms with Crippen LogP contribution >= 0.6 is 11.8 Å². The molecule has 0 atom stereocenters. The van der Waals surface area contributed by atoms with Gasteiger partial charge in [0.15, 0.2) is 0 Å². The number of hydrogen-bond acceptors (Lipinski definition) is 5. The fraction of sp³-hybridized carbons (Fsp3) is 0.615. The molecule has 0 amide bonds. The van der Waals surface area contributed by atoms with Gasteiger partial charge >= 0.3 is 0 Å². The second kappa shape index (κ2) is 9.19. The van der Waals surface area contributed by atoms with Crippen LogP contribution in [-0.4, -0.2) is 50.8 Å². The summed E-state index contributed by atoms with van der Waals surface area (Å²) < 4.78 is 5.02. The van der Waals surface area contributed by atoms with E-state index in [2.05, 4.69) is 34.6 Å². The van der Waals surface area contributed by atoms with E-state index in [4.69, 9.17) is 4.74 Å². The molecular formula is C13H23N3OS. The van der Waals surface area contributed by atoms with Crippen molar-refractivity contribution in [2.24, 2.45) is 0 Å². The number of ether oxygens (including phenoxy) is 1. The predicted molar refractivity (Wildman–Crippen MR) is 79.5 cm³/mol. The first-order valence-corrected chi connectivity index (χ1v) is 7.52. The number of aromatic nitrogens is 1. The Morgan fingerprint density at radius 2 is 2.33 bits per heavy atom. The van der Waals surface area contributed by atoms with Crippen LogP contribution in [-0.2, 0) is 11.3 Å². The minimum absolute atomic E-state index is 0.734. The van der Waals surface area contributed by atoms with E-state index in [0.29, 0.717) is 0 Å². The molecule has 4 nitrogen and oxygen atoms in total. The molecule has 0 saturated carbocycles. The van der Waals surface area contributed by atoms with E-state index in [1.54, 1.807) is 7.11 Å². The molecule has 0 bridgehead atoms. The van der Waals surface area contributed by atoms with Crippen molar-refractivity contribution in [3.05, 3.63) is 23.9 Å². The monoisotopic (exact) mass is 269 g/mol. The number of pyridine rings is 1. The quantitative estimate of drug-likeness (QED) is 0.690. The normalized spacial score (nSPS) is 10.6. The van der Waals surface area contributed by atoms with Gasteiger partial charge in [0.1, 0.15) is 5.82 Å². The first kappa shape index (κ1) is 15.3. The highest BCUT2D eigenvalue weighted by Gasteiger charge is 2.07. The molecule has 0 aliphatic carbocycles. The van der Waals surface area contributed by atoms with Crippen molar-refractivity contribution < 1.29 is 4.74 Å². The van der Waals surface area contributed by atoms with Crippen molar-refractivity contribution in [2.45, 2.75) is 6.54 Å². The second-order valence-corrected chi connectivity index (χ2v) is 5.06. The number of anilines is 1. The molecule has 1 N–H and O–H groups in total. The van der Waals surface area contributed by atoms with Gasteiger partial charge in [0.25, 0.3) is 0 Å². The highest BCUT2D eigenvalue weighted by Crippen LogP contribution is 2.15. The molecule has 0 aliphatic rings. The summed E-state index contributed by atoms with van der Waals surface area (Å²) in [5, 5.41) is 3.36. The molecule has 5 heteroatoms. The first-order valence-electron chi connectivity index (χ1n) is 6.13. The lowest BCUT2D eigenvalue weighted by molar-refractivity contribution is 0.199. The third-order valence-corrected chi connectivity index (χ3v) is 3.25. The van der Waals surface area contributed by atoms with Gasteiger partial charge in [0.05, 0.1) is 6.61 Å². The smallest absolute Gasteiger partial charge is 0.132 e. The van der Waals surface area contributed by atoms with Crippen LogP contribution in [0.15, 0.2) is 18.3 Å². The van der Waals surface area contributed by atoms with E-state index in [-0.39, 0.29) is 0 Å². The van der Waals surface area contributed by atoms with Gasteiger partial charge in [-0.3, -0.25) is 0 Å². The van der Waals surface area contributed by atoms with Gasteiger partial charge in [-0.05, 0) is 12.3 Å². The zero-order valence-electron chi connectivity index (χ0n) is 11.5. The molecular weight excluding hydrogens is 246 g/mol. The highest BCUT2D eigenvalue weighted by atomic mass is 32.2. The van der Waals surface area contributed by atoms with Crippen molar-refractivity contribution in [1.82, 2.24) is 10.3 Å². The van der Waals surface area contributed by atoms with Crippen LogP contribution in [0, 0.1) is 0 Å². The summed E-state index contributed by atoms with van der Waals surface area (Å²) >= 11 is 1.85. The molecule has 1 aromatic heterocycles. The lowest BCUT2D eigenvalue weighted by Crippen LogP contribution is -2.25.